The average molecular weight is 272 g/mol. The van der Waals surface area contributed by atoms with Gasteiger partial charge in [-0.25, -0.2) is 0 Å². The van der Waals surface area contributed by atoms with Crippen molar-refractivity contribution in [1.29, 1.82) is 5.26 Å². The maximum absolute atomic E-state index is 9.74. The van der Waals surface area contributed by atoms with E-state index in [4.69, 9.17) is 4.74 Å². The van der Waals surface area contributed by atoms with Crippen LogP contribution in [0.15, 0.2) is 30.3 Å². The molecule has 0 aromatic heterocycles. The number of nitrogens with zero attached hydrogens (tertiary/aromatic N) is 1. The molecule has 1 saturated carbocycles. The number of unbranched alkanes of at least 4 members (excludes halogenated alkanes) is 1. The van der Waals surface area contributed by atoms with E-state index in [1.165, 1.54) is 12.8 Å². The van der Waals surface area contributed by atoms with Gasteiger partial charge in [-0.1, -0.05) is 43.7 Å². The van der Waals surface area contributed by atoms with Crippen molar-refractivity contribution >= 4 is 0 Å². The standard InChI is InChI=1S/C17H24N2O/c1-2-3-12-20-13-11-17(14-18,19-16-9-10-16)15-7-5-4-6-8-15/h4-8,16,19H,2-3,9-13H2,1H3. The fraction of sp³-hybridized carbons (Fsp3) is 0.588. The topological polar surface area (TPSA) is 45.0 Å². The Hall–Kier alpha value is -1.37. The van der Waals surface area contributed by atoms with Gasteiger partial charge in [0.05, 0.1) is 6.07 Å². The van der Waals surface area contributed by atoms with E-state index in [1.54, 1.807) is 0 Å². The highest BCUT2D eigenvalue weighted by Crippen LogP contribution is 2.31. The van der Waals surface area contributed by atoms with Gasteiger partial charge >= 0.3 is 0 Å². The van der Waals surface area contributed by atoms with Crippen LogP contribution in [0.2, 0.25) is 0 Å². The summed E-state index contributed by atoms with van der Waals surface area (Å²) in [7, 11) is 0. The molecule has 2 rings (SSSR count). The Morgan fingerprint density at radius 1 is 1.30 bits per heavy atom. The van der Waals surface area contributed by atoms with E-state index in [1.807, 2.05) is 30.3 Å². The monoisotopic (exact) mass is 272 g/mol. The predicted octanol–water partition coefficient (Wildman–Crippen LogP) is 3.36. The molecule has 1 atom stereocenters. The number of hydrogen-bond donors (Lipinski definition) is 1. The largest absolute Gasteiger partial charge is 0.381 e. The predicted molar refractivity (Wildman–Crippen MR) is 80.2 cm³/mol. The van der Waals surface area contributed by atoms with Gasteiger partial charge in [-0.3, -0.25) is 5.32 Å². The zero-order valence-corrected chi connectivity index (χ0v) is 12.3. The van der Waals surface area contributed by atoms with Gasteiger partial charge in [0.15, 0.2) is 0 Å². The highest BCUT2D eigenvalue weighted by Gasteiger charge is 2.37. The van der Waals surface area contributed by atoms with Crippen LogP contribution in [0.3, 0.4) is 0 Å². The van der Waals surface area contributed by atoms with Gasteiger partial charge in [0.25, 0.3) is 0 Å². The minimum absolute atomic E-state index is 0.491. The third-order valence-corrected chi connectivity index (χ3v) is 3.75. The smallest absolute Gasteiger partial charge is 0.134 e. The van der Waals surface area contributed by atoms with Crippen molar-refractivity contribution in [3.8, 4) is 6.07 Å². The van der Waals surface area contributed by atoms with E-state index in [2.05, 4.69) is 18.3 Å². The third-order valence-electron chi connectivity index (χ3n) is 3.75. The minimum atomic E-state index is -0.603. The SMILES string of the molecule is CCCCOCCC(C#N)(NC1CC1)c1ccccc1. The number of benzene rings is 1. The van der Waals surface area contributed by atoms with E-state index >= 15 is 0 Å². The third kappa shape index (κ3) is 4.06. The Balaban J connectivity index is 2.01. The molecule has 0 heterocycles. The number of ether oxygens (including phenoxy) is 1. The number of hydrogen-bond acceptors (Lipinski definition) is 3. The van der Waals surface area contributed by atoms with Crippen LogP contribution in [0.1, 0.15) is 44.6 Å². The second-order valence-corrected chi connectivity index (χ2v) is 5.52. The van der Waals surface area contributed by atoms with Crippen LogP contribution in [0, 0.1) is 11.3 Å². The summed E-state index contributed by atoms with van der Waals surface area (Å²) >= 11 is 0. The van der Waals surface area contributed by atoms with Crippen LogP contribution in [-0.4, -0.2) is 19.3 Å². The van der Waals surface area contributed by atoms with Crippen molar-refractivity contribution < 1.29 is 4.74 Å². The summed E-state index contributed by atoms with van der Waals surface area (Å²) in [6, 6.07) is 13.0. The van der Waals surface area contributed by atoms with Crippen LogP contribution >= 0.6 is 0 Å². The van der Waals surface area contributed by atoms with E-state index in [0.29, 0.717) is 19.1 Å². The molecule has 1 aromatic carbocycles. The zero-order chi connectivity index (χ0) is 14.3. The minimum Gasteiger partial charge on any atom is -0.381 e. The first-order chi connectivity index (χ1) is 9.80. The lowest BCUT2D eigenvalue weighted by atomic mass is 9.88. The van der Waals surface area contributed by atoms with Gasteiger partial charge in [-0.15, -0.1) is 0 Å². The molecular weight excluding hydrogens is 248 g/mol. The highest BCUT2D eigenvalue weighted by molar-refractivity contribution is 5.32. The van der Waals surface area contributed by atoms with E-state index in [-0.39, 0.29) is 0 Å². The average Bonchev–Trinajstić information content (AvgIpc) is 3.30. The lowest BCUT2D eigenvalue weighted by Gasteiger charge is -2.28. The molecule has 20 heavy (non-hydrogen) atoms. The van der Waals surface area contributed by atoms with Gasteiger partial charge in [0.1, 0.15) is 5.54 Å². The number of rotatable bonds is 9. The molecule has 0 amide bonds. The van der Waals surface area contributed by atoms with Crippen molar-refractivity contribution in [2.24, 2.45) is 0 Å². The van der Waals surface area contributed by atoms with Crippen molar-refractivity contribution in [1.82, 2.24) is 5.32 Å². The second-order valence-electron chi connectivity index (χ2n) is 5.52. The molecule has 1 aromatic rings. The molecule has 0 radical (unpaired) electrons. The van der Waals surface area contributed by atoms with Crippen molar-refractivity contribution in [3.05, 3.63) is 35.9 Å². The molecule has 1 fully saturated rings. The van der Waals surface area contributed by atoms with E-state index < -0.39 is 5.54 Å². The summed E-state index contributed by atoms with van der Waals surface area (Å²) in [5.41, 5.74) is 0.447. The Morgan fingerprint density at radius 2 is 2.05 bits per heavy atom. The zero-order valence-electron chi connectivity index (χ0n) is 12.3. The molecule has 0 aliphatic heterocycles. The summed E-state index contributed by atoms with van der Waals surface area (Å²) < 4.78 is 5.66. The Bertz CT molecular complexity index is 436. The van der Waals surface area contributed by atoms with Gasteiger partial charge in [-0.2, -0.15) is 5.26 Å². The van der Waals surface area contributed by atoms with Crippen molar-refractivity contribution in [3.63, 3.8) is 0 Å². The summed E-state index contributed by atoms with van der Waals surface area (Å²) in [6.07, 6.45) is 5.27. The molecule has 108 valence electrons. The summed E-state index contributed by atoms with van der Waals surface area (Å²) in [5, 5.41) is 13.3. The van der Waals surface area contributed by atoms with Crippen LogP contribution in [-0.2, 0) is 10.3 Å². The summed E-state index contributed by atoms with van der Waals surface area (Å²) in [5.74, 6) is 0. The van der Waals surface area contributed by atoms with Crippen molar-refractivity contribution in [2.75, 3.05) is 13.2 Å². The lowest BCUT2D eigenvalue weighted by Crippen LogP contribution is -2.43. The van der Waals surface area contributed by atoms with Crippen LogP contribution in [0.25, 0.3) is 0 Å². The fourth-order valence-electron chi connectivity index (χ4n) is 2.33. The highest BCUT2D eigenvalue weighted by atomic mass is 16.5. The molecular formula is C17H24N2O. The Morgan fingerprint density at radius 3 is 2.65 bits per heavy atom. The van der Waals surface area contributed by atoms with Gasteiger partial charge in [0, 0.05) is 25.7 Å². The van der Waals surface area contributed by atoms with Gasteiger partial charge < -0.3 is 4.74 Å². The summed E-state index contributed by atoms with van der Waals surface area (Å²) in [6.45, 7) is 3.57. The maximum Gasteiger partial charge on any atom is 0.134 e. The van der Waals surface area contributed by atoms with Crippen LogP contribution in [0.4, 0.5) is 0 Å². The molecule has 0 spiro atoms. The number of nitrogens with one attached hydrogen (secondary N) is 1. The van der Waals surface area contributed by atoms with E-state index in [0.717, 1.165) is 25.0 Å². The summed E-state index contributed by atoms with van der Waals surface area (Å²) in [4.78, 5) is 0. The fourth-order valence-corrected chi connectivity index (χ4v) is 2.33. The normalized spacial score (nSPS) is 17.4. The first kappa shape index (κ1) is 15.0. The quantitative estimate of drug-likeness (QED) is 0.701. The van der Waals surface area contributed by atoms with E-state index in [9.17, 15) is 5.26 Å². The molecule has 0 saturated heterocycles. The first-order valence-electron chi connectivity index (χ1n) is 7.63. The van der Waals surface area contributed by atoms with Gasteiger partial charge in [0.2, 0.25) is 0 Å². The number of nitriles is 1. The Labute approximate surface area is 121 Å². The maximum atomic E-state index is 9.74. The Kier molecular flexibility index (Phi) is 5.58. The van der Waals surface area contributed by atoms with Crippen LogP contribution < -0.4 is 5.32 Å². The first-order valence-corrected chi connectivity index (χ1v) is 7.63. The molecule has 1 aliphatic carbocycles. The molecule has 3 nitrogen and oxygen atoms in total. The molecule has 1 N–H and O–H groups in total. The second kappa shape index (κ2) is 7.42. The van der Waals surface area contributed by atoms with Crippen molar-refractivity contribution in [2.45, 2.75) is 50.6 Å². The lowest BCUT2D eigenvalue weighted by molar-refractivity contribution is 0.112. The molecule has 3 heteroatoms. The van der Waals surface area contributed by atoms with Crippen LogP contribution in [0.5, 0.6) is 0 Å². The molecule has 1 unspecified atom stereocenters. The molecule has 1 aliphatic rings. The molecule has 0 bridgehead atoms. The van der Waals surface area contributed by atoms with Gasteiger partial charge in [-0.05, 0) is 24.8 Å².